The van der Waals surface area contributed by atoms with E-state index in [2.05, 4.69) is 39.5 Å². The van der Waals surface area contributed by atoms with Crippen LogP contribution in [0.4, 0.5) is 0 Å². The minimum absolute atomic E-state index is 0.919. The number of hydrogen-bond donors (Lipinski definition) is 0. The SMILES string of the molecule is CCCCCCCCCN(CC(CC)CCCC)CC(CCC)CCCCC. The predicted octanol–water partition coefficient (Wildman–Crippen LogP) is 9.25. The summed E-state index contributed by atoms with van der Waals surface area (Å²) in [7, 11) is 0. The number of rotatable bonds is 22. The third-order valence-electron chi connectivity index (χ3n) is 6.57. The van der Waals surface area contributed by atoms with Crippen molar-refractivity contribution in [2.45, 2.75) is 144 Å². The molecule has 2 unspecified atom stereocenters. The van der Waals surface area contributed by atoms with E-state index >= 15 is 0 Å². The van der Waals surface area contributed by atoms with Crippen LogP contribution in [0.3, 0.4) is 0 Å². The average molecular weight is 396 g/mol. The summed E-state index contributed by atoms with van der Waals surface area (Å²) in [6, 6.07) is 0. The Morgan fingerprint density at radius 3 is 1.61 bits per heavy atom. The fourth-order valence-corrected chi connectivity index (χ4v) is 4.62. The summed E-state index contributed by atoms with van der Waals surface area (Å²) in [6.45, 7) is 15.9. The van der Waals surface area contributed by atoms with E-state index in [4.69, 9.17) is 0 Å². The van der Waals surface area contributed by atoms with Crippen molar-refractivity contribution in [3.8, 4) is 0 Å². The van der Waals surface area contributed by atoms with Gasteiger partial charge < -0.3 is 4.90 Å². The Balaban J connectivity index is 4.52. The molecule has 170 valence electrons. The van der Waals surface area contributed by atoms with Crippen LogP contribution in [0, 0.1) is 11.8 Å². The maximum atomic E-state index is 2.89. The van der Waals surface area contributed by atoms with Gasteiger partial charge in [-0.3, -0.25) is 0 Å². The van der Waals surface area contributed by atoms with Gasteiger partial charge in [0.25, 0.3) is 0 Å². The lowest BCUT2D eigenvalue weighted by atomic mass is 9.94. The molecule has 0 aromatic rings. The normalized spacial score (nSPS) is 13.9. The third kappa shape index (κ3) is 16.9. The van der Waals surface area contributed by atoms with Crippen molar-refractivity contribution in [1.82, 2.24) is 4.90 Å². The zero-order chi connectivity index (χ0) is 20.9. The van der Waals surface area contributed by atoms with Crippen molar-refractivity contribution in [2.75, 3.05) is 19.6 Å². The highest BCUT2D eigenvalue weighted by Crippen LogP contribution is 2.21. The van der Waals surface area contributed by atoms with E-state index < -0.39 is 0 Å². The molecule has 0 bridgehead atoms. The molecule has 0 spiro atoms. The molecular weight excluding hydrogens is 338 g/mol. The van der Waals surface area contributed by atoms with Crippen molar-refractivity contribution in [1.29, 1.82) is 0 Å². The van der Waals surface area contributed by atoms with Gasteiger partial charge in [-0.05, 0) is 44.1 Å². The van der Waals surface area contributed by atoms with E-state index in [9.17, 15) is 0 Å². The second kappa shape index (κ2) is 21.7. The lowest BCUT2D eigenvalue weighted by Crippen LogP contribution is -2.35. The maximum Gasteiger partial charge on any atom is 0.000977 e. The molecule has 0 fully saturated rings. The largest absolute Gasteiger partial charge is 0.303 e. The number of unbranched alkanes of at least 4 members (excludes halogenated alkanes) is 9. The van der Waals surface area contributed by atoms with Gasteiger partial charge >= 0.3 is 0 Å². The first-order chi connectivity index (χ1) is 13.7. The molecule has 0 N–H and O–H groups in total. The van der Waals surface area contributed by atoms with Gasteiger partial charge in [-0.1, -0.05) is 118 Å². The molecule has 0 aliphatic carbocycles. The molecule has 1 heteroatoms. The molecule has 0 saturated heterocycles. The Kier molecular flexibility index (Phi) is 21.6. The van der Waals surface area contributed by atoms with Gasteiger partial charge in [0.15, 0.2) is 0 Å². The topological polar surface area (TPSA) is 3.24 Å². The Hall–Kier alpha value is -0.0400. The molecule has 0 heterocycles. The van der Waals surface area contributed by atoms with Gasteiger partial charge in [0, 0.05) is 13.1 Å². The molecule has 0 aliphatic rings. The summed E-state index contributed by atoms with van der Waals surface area (Å²) >= 11 is 0. The van der Waals surface area contributed by atoms with Crippen LogP contribution in [0.15, 0.2) is 0 Å². The highest BCUT2D eigenvalue weighted by molar-refractivity contribution is 4.71. The first-order valence-electron chi connectivity index (χ1n) is 13.4. The fraction of sp³-hybridized carbons (Fsp3) is 1.00. The van der Waals surface area contributed by atoms with E-state index in [1.54, 1.807) is 0 Å². The molecule has 2 atom stereocenters. The summed E-state index contributed by atoms with van der Waals surface area (Å²) in [5, 5.41) is 0. The van der Waals surface area contributed by atoms with Crippen LogP contribution in [0.2, 0.25) is 0 Å². The van der Waals surface area contributed by atoms with Gasteiger partial charge in [-0.2, -0.15) is 0 Å². The van der Waals surface area contributed by atoms with Crippen molar-refractivity contribution in [3.05, 3.63) is 0 Å². The van der Waals surface area contributed by atoms with Crippen LogP contribution >= 0.6 is 0 Å². The van der Waals surface area contributed by atoms with Gasteiger partial charge in [0.05, 0.1) is 0 Å². The lowest BCUT2D eigenvalue weighted by Gasteiger charge is -2.31. The lowest BCUT2D eigenvalue weighted by molar-refractivity contribution is 0.175. The number of hydrogen-bond acceptors (Lipinski definition) is 1. The molecule has 0 saturated carbocycles. The molecule has 0 aliphatic heterocycles. The van der Waals surface area contributed by atoms with E-state index in [0.717, 1.165) is 11.8 Å². The van der Waals surface area contributed by atoms with Crippen LogP contribution < -0.4 is 0 Å². The molecule has 0 rings (SSSR count). The average Bonchev–Trinajstić information content (AvgIpc) is 2.70. The highest BCUT2D eigenvalue weighted by Gasteiger charge is 2.17. The standard InChI is InChI=1S/C27H57N/c1-6-11-14-15-16-17-19-23-28(24-26(10-5)21-13-8-3)25-27(20-9-4)22-18-12-7-2/h26-27H,6-25H2,1-5H3. The van der Waals surface area contributed by atoms with Crippen LogP contribution in [-0.4, -0.2) is 24.5 Å². The maximum absolute atomic E-state index is 2.89. The summed E-state index contributed by atoms with van der Waals surface area (Å²) < 4.78 is 0. The van der Waals surface area contributed by atoms with Crippen LogP contribution in [0.25, 0.3) is 0 Å². The van der Waals surface area contributed by atoms with E-state index in [0.29, 0.717) is 0 Å². The number of nitrogens with zero attached hydrogens (tertiary/aromatic N) is 1. The van der Waals surface area contributed by atoms with Crippen LogP contribution in [0.1, 0.15) is 144 Å². The first-order valence-corrected chi connectivity index (χ1v) is 13.4. The summed E-state index contributed by atoms with van der Waals surface area (Å²) in [5.41, 5.74) is 0. The predicted molar refractivity (Wildman–Crippen MR) is 130 cm³/mol. The van der Waals surface area contributed by atoms with Crippen molar-refractivity contribution in [3.63, 3.8) is 0 Å². The minimum Gasteiger partial charge on any atom is -0.303 e. The molecular formula is C27H57N. The summed E-state index contributed by atoms with van der Waals surface area (Å²) in [6.07, 6.45) is 24.1. The Labute approximate surface area is 180 Å². The van der Waals surface area contributed by atoms with Crippen LogP contribution in [0.5, 0.6) is 0 Å². The fourth-order valence-electron chi connectivity index (χ4n) is 4.62. The molecule has 0 radical (unpaired) electrons. The second-order valence-corrected chi connectivity index (χ2v) is 9.45. The molecule has 0 aromatic carbocycles. The third-order valence-corrected chi connectivity index (χ3v) is 6.57. The first kappa shape index (κ1) is 28.0. The van der Waals surface area contributed by atoms with E-state index in [1.165, 1.54) is 129 Å². The molecule has 0 aromatic heterocycles. The van der Waals surface area contributed by atoms with Crippen molar-refractivity contribution < 1.29 is 0 Å². The van der Waals surface area contributed by atoms with Gasteiger partial charge in [0.2, 0.25) is 0 Å². The molecule has 0 amide bonds. The smallest absolute Gasteiger partial charge is 0.000977 e. The Morgan fingerprint density at radius 2 is 1.00 bits per heavy atom. The molecule has 28 heavy (non-hydrogen) atoms. The Morgan fingerprint density at radius 1 is 0.464 bits per heavy atom. The monoisotopic (exact) mass is 395 g/mol. The minimum atomic E-state index is 0.919. The van der Waals surface area contributed by atoms with Gasteiger partial charge in [0.1, 0.15) is 0 Å². The van der Waals surface area contributed by atoms with Crippen molar-refractivity contribution >= 4 is 0 Å². The van der Waals surface area contributed by atoms with Gasteiger partial charge in [-0.25, -0.2) is 0 Å². The quantitative estimate of drug-likeness (QED) is 0.165. The molecule has 1 nitrogen and oxygen atoms in total. The van der Waals surface area contributed by atoms with Crippen molar-refractivity contribution in [2.24, 2.45) is 11.8 Å². The van der Waals surface area contributed by atoms with E-state index in [-0.39, 0.29) is 0 Å². The Bertz CT molecular complexity index is 288. The van der Waals surface area contributed by atoms with Gasteiger partial charge in [-0.15, -0.1) is 0 Å². The summed E-state index contributed by atoms with van der Waals surface area (Å²) in [4.78, 5) is 2.89. The van der Waals surface area contributed by atoms with E-state index in [1.807, 2.05) is 0 Å². The second-order valence-electron chi connectivity index (χ2n) is 9.45. The zero-order valence-corrected chi connectivity index (χ0v) is 20.7. The van der Waals surface area contributed by atoms with Crippen LogP contribution in [-0.2, 0) is 0 Å². The highest BCUT2D eigenvalue weighted by atomic mass is 15.1. The summed E-state index contributed by atoms with van der Waals surface area (Å²) in [5.74, 6) is 1.85. The zero-order valence-electron chi connectivity index (χ0n) is 20.7.